The molecule has 0 saturated carbocycles. The molecule has 0 unspecified atom stereocenters. The van der Waals surface area contributed by atoms with Crippen LogP contribution in [0.5, 0.6) is 0 Å². The summed E-state index contributed by atoms with van der Waals surface area (Å²) in [5.74, 6) is -0.353. The summed E-state index contributed by atoms with van der Waals surface area (Å²) >= 11 is 5.92. The number of benzene rings is 1. The van der Waals surface area contributed by atoms with Gasteiger partial charge in [0.15, 0.2) is 0 Å². The number of hydrogen-bond donors (Lipinski definition) is 1. The molecule has 0 aliphatic carbocycles. The summed E-state index contributed by atoms with van der Waals surface area (Å²) in [6.07, 6.45) is 0. The van der Waals surface area contributed by atoms with E-state index < -0.39 is 0 Å². The first kappa shape index (κ1) is 15.4. The molecule has 1 N–H and O–H groups in total. The summed E-state index contributed by atoms with van der Waals surface area (Å²) in [5, 5.41) is 15.5. The maximum absolute atomic E-state index is 12.1. The number of carbonyl (C=O) groups excluding carboxylic acids is 1. The zero-order valence-corrected chi connectivity index (χ0v) is 13.5. The molecule has 2 aromatic heterocycles. The monoisotopic (exact) mass is 330 g/mol. The smallest absolute Gasteiger partial charge is 0.291 e. The van der Waals surface area contributed by atoms with Crippen LogP contribution >= 0.6 is 11.6 Å². The maximum atomic E-state index is 12.1. The highest BCUT2D eigenvalue weighted by Gasteiger charge is 2.11. The molecule has 7 nitrogen and oxygen atoms in total. The normalized spacial score (nSPS) is 10.9. The van der Waals surface area contributed by atoms with Gasteiger partial charge in [-0.15, -0.1) is 10.2 Å². The van der Waals surface area contributed by atoms with E-state index in [4.69, 9.17) is 11.6 Å². The number of nitrogens with one attached hydrogen (secondary N) is 1. The number of rotatable bonds is 4. The van der Waals surface area contributed by atoms with Crippen LogP contribution in [0.3, 0.4) is 0 Å². The fourth-order valence-corrected chi connectivity index (χ4v) is 2.43. The van der Waals surface area contributed by atoms with Crippen LogP contribution in [0.4, 0.5) is 0 Å². The summed E-state index contributed by atoms with van der Waals surface area (Å²) in [5.41, 5.74) is 3.13. The van der Waals surface area contributed by atoms with Gasteiger partial charge in [0.25, 0.3) is 5.91 Å². The Labute approximate surface area is 137 Å². The molecule has 0 aliphatic heterocycles. The number of fused-ring (bicyclic) bond motifs is 1. The van der Waals surface area contributed by atoms with Gasteiger partial charge in [-0.05, 0) is 38.1 Å². The van der Waals surface area contributed by atoms with E-state index >= 15 is 0 Å². The highest BCUT2D eigenvalue weighted by atomic mass is 35.5. The first-order valence-corrected chi connectivity index (χ1v) is 7.50. The van der Waals surface area contributed by atoms with Crippen molar-refractivity contribution in [3.8, 4) is 0 Å². The summed E-state index contributed by atoms with van der Waals surface area (Å²) in [6.45, 7) is 4.92. The van der Waals surface area contributed by atoms with Gasteiger partial charge in [0.2, 0.25) is 5.82 Å². The molecule has 0 radical (unpaired) electrons. The predicted octanol–water partition coefficient (Wildman–Crippen LogP) is 1.92. The fraction of sp³-hybridized carbons (Fsp3) is 0.267. The van der Waals surface area contributed by atoms with Crippen LogP contribution in [0.1, 0.15) is 22.0 Å². The lowest BCUT2D eigenvalue weighted by molar-refractivity contribution is 0.0940. The van der Waals surface area contributed by atoms with E-state index in [-0.39, 0.29) is 11.7 Å². The molecule has 2 heterocycles. The number of aryl methyl sites for hydroxylation is 2. The number of nitrogens with zero attached hydrogens (tertiary/aromatic N) is 5. The summed E-state index contributed by atoms with van der Waals surface area (Å²) in [4.78, 5) is 16.3. The molecule has 1 amide bonds. The van der Waals surface area contributed by atoms with Crippen molar-refractivity contribution in [3.63, 3.8) is 0 Å². The molecule has 0 aliphatic rings. The Morgan fingerprint density at radius 3 is 2.78 bits per heavy atom. The number of amides is 1. The lowest BCUT2D eigenvalue weighted by Crippen LogP contribution is -2.29. The van der Waals surface area contributed by atoms with E-state index in [0.717, 1.165) is 11.4 Å². The fourth-order valence-electron chi connectivity index (χ4n) is 2.26. The largest absolute Gasteiger partial charge is 0.347 e. The molecule has 0 atom stereocenters. The number of hydrogen-bond acceptors (Lipinski definition) is 5. The van der Waals surface area contributed by atoms with Crippen molar-refractivity contribution in [2.75, 3.05) is 6.54 Å². The zero-order valence-electron chi connectivity index (χ0n) is 12.7. The van der Waals surface area contributed by atoms with Crippen molar-refractivity contribution in [3.05, 3.63) is 46.5 Å². The second-order valence-electron chi connectivity index (χ2n) is 5.17. The minimum absolute atomic E-state index is 0.0214. The Morgan fingerprint density at radius 1 is 1.22 bits per heavy atom. The van der Waals surface area contributed by atoms with E-state index in [1.165, 1.54) is 0 Å². The van der Waals surface area contributed by atoms with E-state index in [1.807, 2.05) is 24.6 Å². The van der Waals surface area contributed by atoms with Crippen molar-refractivity contribution in [2.45, 2.75) is 20.4 Å². The Bertz CT molecular complexity index is 876. The average molecular weight is 331 g/mol. The molecule has 23 heavy (non-hydrogen) atoms. The molecule has 3 rings (SSSR count). The molecule has 0 fully saturated rings. The Balaban J connectivity index is 1.67. The van der Waals surface area contributed by atoms with Crippen molar-refractivity contribution in [2.24, 2.45) is 0 Å². The van der Waals surface area contributed by atoms with Gasteiger partial charge in [-0.2, -0.15) is 5.10 Å². The van der Waals surface area contributed by atoms with Crippen molar-refractivity contribution in [1.29, 1.82) is 0 Å². The molecule has 118 valence electrons. The minimum Gasteiger partial charge on any atom is -0.347 e. The summed E-state index contributed by atoms with van der Waals surface area (Å²) in [6, 6.07) is 7.05. The number of carbonyl (C=O) groups is 1. The van der Waals surface area contributed by atoms with Gasteiger partial charge in [-0.3, -0.25) is 9.48 Å². The molecule has 0 saturated heterocycles. The van der Waals surface area contributed by atoms with E-state index in [1.54, 1.807) is 18.2 Å². The Morgan fingerprint density at radius 2 is 2.04 bits per heavy atom. The van der Waals surface area contributed by atoms with Crippen LogP contribution in [0.15, 0.2) is 24.3 Å². The number of halogens is 1. The van der Waals surface area contributed by atoms with Gasteiger partial charge in [0, 0.05) is 17.3 Å². The zero-order chi connectivity index (χ0) is 16.4. The maximum Gasteiger partial charge on any atom is 0.291 e. The highest BCUT2D eigenvalue weighted by Crippen LogP contribution is 2.14. The van der Waals surface area contributed by atoms with Crippen molar-refractivity contribution < 1.29 is 4.79 Å². The van der Waals surface area contributed by atoms with Crippen LogP contribution in [-0.2, 0) is 6.54 Å². The SMILES string of the molecule is Cc1cc(C)n(CCNC(=O)c2nnc3ccc(Cl)cc3n2)n1. The van der Waals surface area contributed by atoms with E-state index in [9.17, 15) is 4.79 Å². The van der Waals surface area contributed by atoms with Gasteiger partial charge >= 0.3 is 0 Å². The van der Waals surface area contributed by atoms with E-state index in [0.29, 0.717) is 29.1 Å². The molecule has 8 heteroatoms. The second kappa shape index (κ2) is 6.29. The molecule has 1 aromatic carbocycles. The van der Waals surface area contributed by atoms with E-state index in [2.05, 4.69) is 25.6 Å². The van der Waals surface area contributed by atoms with Gasteiger partial charge in [0.05, 0.1) is 17.8 Å². The molecular weight excluding hydrogens is 316 g/mol. The minimum atomic E-state index is -0.374. The van der Waals surface area contributed by atoms with Crippen LogP contribution in [0.25, 0.3) is 11.0 Å². The first-order chi connectivity index (χ1) is 11.0. The summed E-state index contributed by atoms with van der Waals surface area (Å²) in [7, 11) is 0. The highest BCUT2D eigenvalue weighted by molar-refractivity contribution is 6.31. The lowest BCUT2D eigenvalue weighted by Gasteiger charge is -2.06. The third-order valence-corrected chi connectivity index (χ3v) is 3.57. The molecule has 0 bridgehead atoms. The third-order valence-electron chi connectivity index (χ3n) is 3.33. The van der Waals surface area contributed by atoms with Crippen LogP contribution in [-0.4, -0.2) is 37.4 Å². The first-order valence-electron chi connectivity index (χ1n) is 7.12. The Kier molecular flexibility index (Phi) is 4.20. The topological polar surface area (TPSA) is 85.6 Å². The van der Waals surface area contributed by atoms with Crippen LogP contribution < -0.4 is 5.32 Å². The van der Waals surface area contributed by atoms with Crippen LogP contribution in [0, 0.1) is 13.8 Å². The quantitative estimate of drug-likeness (QED) is 0.790. The van der Waals surface area contributed by atoms with Gasteiger partial charge < -0.3 is 5.32 Å². The van der Waals surface area contributed by atoms with Gasteiger partial charge in [0.1, 0.15) is 5.52 Å². The number of aromatic nitrogens is 5. The molecule has 3 aromatic rings. The van der Waals surface area contributed by atoms with Gasteiger partial charge in [-0.1, -0.05) is 11.6 Å². The van der Waals surface area contributed by atoms with Crippen molar-refractivity contribution in [1.82, 2.24) is 30.3 Å². The standard InChI is InChI=1S/C15H15ClN6O/c1-9-7-10(2)22(21-9)6-5-17-15(23)14-18-13-8-11(16)3-4-12(13)19-20-14/h3-4,7-8H,5-6H2,1-2H3,(H,17,23). The predicted molar refractivity (Wildman–Crippen MR) is 86.4 cm³/mol. The average Bonchev–Trinajstić information content (AvgIpc) is 2.84. The second-order valence-corrected chi connectivity index (χ2v) is 5.61. The molecule has 0 spiro atoms. The van der Waals surface area contributed by atoms with Gasteiger partial charge in [-0.25, -0.2) is 4.98 Å². The molecular formula is C15H15ClN6O. The van der Waals surface area contributed by atoms with Crippen molar-refractivity contribution >= 4 is 28.5 Å². The van der Waals surface area contributed by atoms with Crippen LogP contribution in [0.2, 0.25) is 5.02 Å². The Hall–Kier alpha value is -2.54. The summed E-state index contributed by atoms with van der Waals surface area (Å²) < 4.78 is 1.84. The lowest BCUT2D eigenvalue weighted by atomic mass is 10.3. The third kappa shape index (κ3) is 3.45.